The summed E-state index contributed by atoms with van der Waals surface area (Å²) < 4.78 is 7.41. The molecule has 3 rings (SSSR count). The molecule has 0 unspecified atom stereocenters. The summed E-state index contributed by atoms with van der Waals surface area (Å²) in [5, 5.41) is 0.627. The van der Waals surface area contributed by atoms with E-state index in [2.05, 4.69) is 4.98 Å². The van der Waals surface area contributed by atoms with Gasteiger partial charge < -0.3 is 19.5 Å². The van der Waals surface area contributed by atoms with Crippen molar-refractivity contribution >= 4 is 35.1 Å². The van der Waals surface area contributed by atoms with E-state index >= 15 is 0 Å². The lowest BCUT2D eigenvalue weighted by atomic mass is 10.1. The van der Waals surface area contributed by atoms with Crippen LogP contribution in [-0.2, 0) is 16.1 Å². The van der Waals surface area contributed by atoms with Gasteiger partial charge in [0.15, 0.2) is 4.77 Å². The minimum Gasteiger partial charge on any atom is -0.444 e. The second kappa shape index (κ2) is 10.3. The van der Waals surface area contributed by atoms with Gasteiger partial charge in [-0.05, 0) is 58.0 Å². The number of fused-ring (bicyclic) bond motifs is 1. The average molecular weight is 461 g/mol. The summed E-state index contributed by atoms with van der Waals surface area (Å²) in [7, 11) is 0. The number of aromatic nitrogens is 2. The summed E-state index contributed by atoms with van der Waals surface area (Å²) in [6.07, 6.45) is 2.50. The lowest BCUT2D eigenvalue weighted by Gasteiger charge is -2.35. The third kappa shape index (κ3) is 6.18. The maximum atomic E-state index is 12.7. The van der Waals surface area contributed by atoms with Crippen LogP contribution in [-0.4, -0.2) is 63.1 Å². The van der Waals surface area contributed by atoms with Crippen molar-refractivity contribution in [2.24, 2.45) is 0 Å². The molecular weight excluding hydrogens is 428 g/mol. The van der Waals surface area contributed by atoms with Crippen molar-refractivity contribution in [3.05, 3.63) is 39.4 Å². The van der Waals surface area contributed by atoms with Gasteiger partial charge in [-0.3, -0.25) is 14.2 Å². The summed E-state index contributed by atoms with van der Waals surface area (Å²) in [5.74, 6) is 0.106. The number of nitrogens with zero attached hydrogens (tertiary/aromatic N) is 3. The Kier molecular flexibility index (Phi) is 7.71. The zero-order valence-corrected chi connectivity index (χ0v) is 19.9. The highest BCUT2D eigenvalue weighted by molar-refractivity contribution is 7.71. The number of rotatable bonds is 6. The fourth-order valence-electron chi connectivity index (χ4n) is 3.75. The number of aromatic amines is 1. The minimum atomic E-state index is -0.522. The number of hydrogen-bond donors (Lipinski definition) is 1. The smallest absolute Gasteiger partial charge is 0.410 e. The van der Waals surface area contributed by atoms with E-state index in [1.54, 1.807) is 15.5 Å². The molecule has 1 aromatic carbocycles. The molecule has 1 aliphatic heterocycles. The van der Waals surface area contributed by atoms with Crippen molar-refractivity contribution in [1.29, 1.82) is 0 Å². The van der Waals surface area contributed by atoms with Crippen LogP contribution >= 0.6 is 12.2 Å². The molecule has 2 amide bonds. The zero-order valence-electron chi connectivity index (χ0n) is 19.1. The fourth-order valence-corrected chi connectivity index (χ4v) is 4.03. The molecule has 2 heterocycles. The first-order valence-corrected chi connectivity index (χ1v) is 11.5. The van der Waals surface area contributed by atoms with E-state index in [4.69, 9.17) is 17.0 Å². The van der Waals surface area contributed by atoms with Crippen molar-refractivity contribution in [2.75, 3.05) is 26.2 Å². The molecule has 32 heavy (non-hydrogen) atoms. The van der Waals surface area contributed by atoms with Crippen LogP contribution in [0, 0.1) is 4.77 Å². The number of para-hydroxylation sites is 1. The van der Waals surface area contributed by atoms with Crippen LogP contribution in [0.25, 0.3) is 10.9 Å². The standard InChI is InChI=1S/C23H32N4O4S/c1-23(2,3)31-22(30)26-15-13-25(14-16-26)19(28)11-5-4-8-12-27-20(29)17-9-6-7-10-18(17)24-21(27)32/h6-7,9-10H,4-5,8,11-16H2,1-3H3,(H,24,32). The predicted molar refractivity (Wildman–Crippen MR) is 126 cm³/mol. The molecule has 1 aliphatic rings. The monoisotopic (exact) mass is 460 g/mol. The number of H-pyrrole nitrogens is 1. The van der Waals surface area contributed by atoms with Gasteiger partial charge in [0.2, 0.25) is 5.91 Å². The number of carbonyl (C=O) groups is 2. The van der Waals surface area contributed by atoms with Gasteiger partial charge in [0, 0.05) is 39.1 Å². The maximum Gasteiger partial charge on any atom is 0.410 e. The van der Waals surface area contributed by atoms with Crippen LogP contribution in [0.15, 0.2) is 29.1 Å². The molecule has 1 N–H and O–H groups in total. The van der Waals surface area contributed by atoms with E-state index in [9.17, 15) is 14.4 Å². The number of benzene rings is 1. The van der Waals surface area contributed by atoms with Gasteiger partial charge in [-0.15, -0.1) is 0 Å². The molecule has 0 radical (unpaired) electrons. The highest BCUT2D eigenvalue weighted by Gasteiger charge is 2.27. The molecule has 174 valence electrons. The topological polar surface area (TPSA) is 87.6 Å². The maximum absolute atomic E-state index is 12.7. The Labute approximate surface area is 193 Å². The van der Waals surface area contributed by atoms with Gasteiger partial charge >= 0.3 is 6.09 Å². The van der Waals surface area contributed by atoms with Crippen molar-refractivity contribution < 1.29 is 14.3 Å². The number of unbranched alkanes of at least 4 members (excludes halogenated alkanes) is 2. The zero-order chi connectivity index (χ0) is 23.3. The van der Waals surface area contributed by atoms with E-state index in [-0.39, 0.29) is 17.6 Å². The molecule has 2 aromatic rings. The Bertz CT molecular complexity index is 1080. The largest absolute Gasteiger partial charge is 0.444 e. The third-order valence-electron chi connectivity index (χ3n) is 5.45. The Morgan fingerprint density at radius 2 is 1.69 bits per heavy atom. The molecule has 0 bridgehead atoms. The van der Waals surface area contributed by atoms with E-state index in [1.807, 2.05) is 43.9 Å². The van der Waals surface area contributed by atoms with E-state index in [0.29, 0.717) is 49.3 Å². The van der Waals surface area contributed by atoms with Gasteiger partial charge in [-0.1, -0.05) is 18.6 Å². The Hall–Kier alpha value is -2.68. The highest BCUT2D eigenvalue weighted by atomic mass is 32.1. The predicted octanol–water partition coefficient (Wildman–Crippen LogP) is 3.70. The first-order chi connectivity index (χ1) is 15.2. The summed E-state index contributed by atoms with van der Waals surface area (Å²) in [4.78, 5) is 43.9. The van der Waals surface area contributed by atoms with E-state index in [1.165, 1.54) is 0 Å². The SMILES string of the molecule is CC(C)(C)OC(=O)N1CCN(C(=O)CCCCCn2c(=S)[nH]c3ccccc3c2=O)CC1. The molecule has 1 fully saturated rings. The lowest BCUT2D eigenvalue weighted by molar-refractivity contribution is -0.133. The van der Waals surface area contributed by atoms with E-state index < -0.39 is 5.60 Å². The summed E-state index contributed by atoms with van der Waals surface area (Å²) in [6.45, 7) is 8.09. The molecular formula is C23H32N4O4S. The number of nitrogens with one attached hydrogen (secondary N) is 1. The van der Waals surface area contributed by atoms with Crippen LogP contribution in [0.4, 0.5) is 4.79 Å². The molecule has 1 aromatic heterocycles. The van der Waals surface area contributed by atoms with Gasteiger partial charge in [0.1, 0.15) is 5.60 Å². The fraction of sp³-hybridized carbons (Fsp3) is 0.565. The number of ether oxygens (including phenoxy) is 1. The molecule has 9 heteroatoms. The number of amides is 2. The van der Waals surface area contributed by atoms with Crippen molar-refractivity contribution in [3.8, 4) is 0 Å². The molecule has 0 saturated carbocycles. The Balaban J connectivity index is 1.40. The summed E-state index contributed by atoms with van der Waals surface area (Å²) in [5.41, 5.74) is 0.144. The Morgan fingerprint density at radius 3 is 2.38 bits per heavy atom. The molecule has 0 spiro atoms. The lowest BCUT2D eigenvalue weighted by Crippen LogP contribution is -2.51. The van der Waals surface area contributed by atoms with Crippen molar-refractivity contribution in [1.82, 2.24) is 19.4 Å². The molecule has 0 aliphatic carbocycles. The van der Waals surface area contributed by atoms with Gasteiger partial charge in [0.25, 0.3) is 5.56 Å². The second-order valence-electron chi connectivity index (χ2n) is 9.09. The van der Waals surface area contributed by atoms with Crippen LogP contribution < -0.4 is 5.56 Å². The normalized spacial score (nSPS) is 14.6. The Morgan fingerprint density at radius 1 is 1.03 bits per heavy atom. The van der Waals surface area contributed by atoms with E-state index in [0.717, 1.165) is 24.8 Å². The first-order valence-electron chi connectivity index (χ1n) is 11.1. The number of piperazine rings is 1. The summed E-state index contributed by atoms with van der Waals surface area (Å²) in [6, 6.07) is 7.34. The first kappa shape index (κ1) is 24.0. The minimum absolute atomic E-state index is 0.0803. The van der Waals surface area contributed by atoms with Gasteiger partial charge in [-0.25, -0.2) is 4.79 Å². The second-order valence-corrected chi connectivity index (χ2v) is 9.48. The van der Waals surface area contributed by atoms with Crippen molar-refractivity contribution in [2.45, 2.75) is 58.6 Å². The molecule has 1 saturated heterocycles. The highest BCUT2D eigenvalue weighted by Crippen LogP contribution is 2.13. The van der Waals surface area contributed by atoms with Crippen LogP contribution in [0.1, 0.15) is 46.5 Å². The summed E-state index contributed by atoms with van der Waals surface area (Å²) >= 11 is 5.34. The van der Waals surface area contributed by atoms with Gasteiger partial charge in [-0.2, -0.15) is 0 Å². The van der Waals surface area contributed by atoms with Crippen LogP contribution in [0.3, 0.4) is 0 Å². The average Bonchev–Trinajstić information content (AvgIpc) is 2.74. The van der Waals surface area contributed by atoms with Crippen LogP contribution in [0.5, 0.6) is 0 Å². The van der Waals surface area contributed by atoms with Crippen LogP contribution in [0.2, 0.25) is 0 Å². The number of carbonyl (C=O) groups excluding carboxylic acids is 2. The molecule has 8 nitrogen and oxygen atoms in total. The third-order valence-corrected chi connectivity index (χ3v) is 5.77. The molecule has 0 atom stereocenters. The van der Waals surface area contributed by atoms with Gasteiger partial charge in [0.05, 0.1) is 10.9 Å². The quantitative estimate of drug-likeness (QED) is 0.525. The number of hydrogen-bond acceptors (Lipinski definition) is 5. The van der Waals surface area contributed by atoms with Crippen molar-refractivity contribution in [3.63, 3.8) is 0 Å².